The number of imidazole rings is 1. The lowest BCUT2D eigenvalue weighted by atomic mass is 10.2. The first kappa shape index (κ1) is 11.6. The van der Waals surface area contributed by atoms with Crippen LogP contribution in [0.4, 0.5) is 0 Å². The molecule has 1 aromatic carbocycles. The minimum atomic E-state index is 0.617. The Morgan fingerprint density at radius 2 is 2.35 bits per heavy atom. The predicted octanol–water partition coefficient (Wildman–Crippen LogP) is 1.97. The van der Waals surface area contributed by atoms with Crippen molar-refractivity contribution in [3.8, 4) is 6.07 Å². The van der Waals surface area contributed by atoms with Gasteiger partial charge in [0.1, 0.15) is 0 Å². The van der Waals surface area contributed by atoms with Crippen LogP contribution in [0.3, 0.4) is 0 Å². The third-order valence-corrected chi connectivity index (χ3v) is 2.76. The molecule has 0 bridgehead atoms. The summed E-state index contributed by atoms with van der Waals surface area (Å²) < 4.78 is 2.01. The lowest BCUT2D eigenvalue weighted by Crippen LogP contribution is -2.14. The summed E-state index contributed by atoms with van der Waals surface area (Å²) in [5.41, 5.74) is 3.41. The van der Waals surface area contributed by atoms with Crippen LogP contribution in [0.15, 0.2) is 24.5 Å². The third-order valence-electron chi connectivity index (χ3n) is 2.76. The summed E-state index contributed by atoms with van der Waals surface area (Å²) in [6, 6.07) is 8.45. The van der Waals surface area contributed by atoms with E-state index in [0.29, 0.717) is 6.42 Å². The van der Waals surface area contributed by atoms with Crippen molar-refractivity contribution in [2.75, 3.05) is 6.54 Å². The highest BCUT2D eigenvalue weighted by molar-refractivity contribution is 5.75. The van der Waals surface area contributed by atoms with Gasteiger partial charge in [-0.25, -0.2) is 4.98 Å². The smallest absolute Gasteiger partial charge is 0.0955 e. The SMILES string of the molecule is Cn1cnc2cc(CNCCCC#N)ccc21. The van der Waals surface area contributed by atoms with Crippen LogP contribution in [0.1, 0.15) is 18.4 Å². The number of unbranched alkanes of at least 4 members (excludes halogenated alkanes) is 1. The van der Waals surface area contributed by atoms with Crippen molar-refractivity contribution in [2.45, 2.75) is 19.4 Å². The van der Waals surface area contributed by atoms with Gasteiger partial charge in [0.05, 0.1) is 23.4 Å². The lowest BCUT2D eigenvalue weighted by Gasteiger charge is -2.03. The maximum Gasteiger partial charge on any atom is 0.0955 e. The Hall–Kier alpha value is -1.86. The van der Waals surface area contributed by atoms with E-state index >= 15 is 0 Å². The van der Waals surface area contributed by atoms with E-state index in [4.69, 9.17) is 5.26 Å². The second-order valence-electron chi connectivity index (χ2n) is 4.12. The first-order valence-electron chi connectivity index (χ1n) is 5.79. The number of benzene rings is 1. The molecule has 0 unspecified atom stereocenters. The van der Waals surface area contributed by atoms with Crippen LogP contribution in [0.2, 0.25) is 0 Å². The van der Waals surface area contributed by atoms with Gasteiger partial charge in [0.2, 0.25) is 0 Å². The Morgan fingerprint density at radius 3 is 3.18 bits per heavy atom. The average molecular weight is 228 g/mol. The van der Waals surface area contributed by atoms with Gasteiger partial charge in [0.25, 0.3) is 0 Å². The Morgan fingerprint density at radius 1 is 1.47 bits per heavy atom. The number of fused-ring (bicyclic) bond motifs is 1. The molecule has 1 aromatic heterocycles. The van der Waals surface area contributed by atoms with Crippen LogP contribution in [0.25, 0.3) is 11.0 Å². The van der Waals surface area contributed by atoms with E-state index in [1.165, 1.54) is 5.56 Å². The molecule has 0 fully saturated rings. The zero-order valence-electron chi connectivity index (χ0n) is 9.98. The van der Waals surface area contributed by atoms with Gasteiger partial charge in [-0.3, -0.25) is 0 Å². The van der Waals surface area contributed by atoms with Gasteiger partial charge >= 0.3 is 0 Å². The molecule has 0 aliphatic carbocycles. The topological polar surface area (TPSA) is 53.6 Å². The highest BCUT2D eigenvalue weighted by Gasteiger charge is 2.00. The maximum atomic E-state index is 8.41. The van der Waals surface area contributed by atoms with Crippen molar-refractivity contribution in [2.24, 2.45) is 7.05 Å². The Bertz CT molecular complexity index is 536. The molecule has 0 aliphatic rings. The number of rotatable bonds is 5. The molecule has 0 saturated carbocycles. The van der Waals surface area contributed by atoms with Gasteiger partial charge in [0, 0.05) is 20.0 Å². The molecule has 0 atom stereocenters. The van der Waals surface area contributed by atoms with Crippen molar-refractivity contribution < 1.29 is 0 Å². The molecule has 4 heteroatoms. The number of nitrogens with one attached hydrogen (secondary N) is 1. The van der Waals surface area contributed by atoms with E-state index in [-0.39, 0.29) is 0 Å². The van der Waals surface area contributed by atoms with Gasteiger partial charge in [-0.1, -0.05) is 6.07 Å². The monoisotopic (exact) mass is 228 g/mol. The number of nitrogens with zero attached hydrogens (tertiary/aromatic N) is 3. The number of aryl methyl sites for hydroxylation is 1. The van der Waals surface area contributed by atoms with Crippen LogP contribution < -0.4 is 5.32 Å². The highest BCUT2D eigenvalue weighted by Crippen LogP contribution is 2.13. The van der Waals surface area contributed by atoms with Gasteiger partial charge in [-0.2, -0.15) is 5.26 Å². The molecule has 0 spiro atoms. The molecule has 0 radical (unpaired) electrons. The largest absolute Gasteiger partial charge is 0.334 e. The van der Waals surface area contributed by atoms with Gasteiger partial charge in [0.15, 0.2) is 0 Å². The van der Waals surface area contributed by atoms with Crippen molar-refractivity contribution in [3.63, 3.8) is 0 Å². The Labute approximate surface area is 101 Å². The van der Waals surface area contributed by atoms with Crippen LogP contribution in [-0.4, -0.2) is 16.1 Å². The first-order valence-corrected chi connectivity index (χ1v) is 5.79. The average Bonchev–Trinajstić information content (AvgIpc) is 2.71. The molecule has 0 amide bonds. The van der Waals surface area contributed by atoms with Crippen molar-refractivity contribution in [3.05, 3.63) is 30.1 Å². The molecule has 2 aromatic rings. The van der Waals surface area contributed by atoms with E-state index in [1.54, 1.807) is 0 Å². The van der Waals surface area contributed by atoms with E-state index < -0.39 is 0 Å². The van der Waals surface area contributed by atoms with Gasteiger partial charge in [-0.15, -0.1) is 0 Å². The molecule has 0 saturated heterocycles. The lowest BCUT2D eigenvalue weighted by molar-refractivity contribution is 0.658. The van der Waals surface area contributed by atoms with Crippen LogP contribution in [0, 0.1) is 11.3 Å². The van der Waals surface area contributed by atoms with Gasteiger partial charge in [-0.05, 0) is 30.7 Å². The van der Waals surface area contributed by atoms with Crippen LogP contribution in [-0.2, 0) is 13.6 Å². The van der Waals surface area contributed by atoms with E-state index in [0.717, 1.165) is 30.5 Å². The number of hydrogen-bond donors (Lipinski definition) is 1. The molecular formula is C13H16N4. The molecule has 1 heterocycles. The summed E-state index contributed by atoms with van der Waals surface area (Å²) in [7, 11) is 2.00. The highest BCUT2D eigenvalue weighted by atomic mass is 15.0. The molecular weight excluding hydrogens is 212 g/mol. The number of hydrogen-bond acceptors (Lipinski definition) is 3. The van der Waals surface area contributed by atoms with E-state index in [2.05, 4.69) is 34.6 Å². The summed E-state index contributed by atoms with van der Waals surface area (Å²) in [5.74, 6) is 0. The fourth-order valence-electron chi connectivity index (χ4n) is 1.82. The molecule has 17 heavy (non-hydrogen) atoms. The first-order chi connectivity index (χ1) is 8.31. The standard InChI is InChI=1S/C13H16N4/c1-17-10-16-12-8-11(4-5-13(12)17)9-15-7-3-2-6-14/h4-5,8,10,15H,2-3,7,9H2,1H3. The van der Waals surface area contributed by atoms with Crippen molar-refractivity contribution in [1.82, 2.24) is 14.9 Å². The minimum absolute atomic E-state index is 0.617. The summed E-state index contributed by atoms with van der Waals surface area (Å²) >= 11 is 0. The predicted molar refractivity (Wildman–Crippen MR) is 67.3 cm³/mol. The normalized spacial score (nSPS) is 10.6. The number of aromatic nitrogens is 2. The summed E-state index contributed by atoms with van der Waals surface area (Å²) in [6.07, 6.45) is 3.35. The third kappa shape index (κ3) is 2.83. The van der Waals surface area contributed by atoms with Gasteiger partial charge < -0.3 is 9.88 Å². The fraction of sp³-hybridized carbons (Fsp3) is 0.385. The molecule has 2 rings (SSSR count). The summed E-state index contributed by atoms with van der Waals surface area (Å²) in [4.78, 5) is 4.33. The van der Waals surface area contributed by atoms with E-state index in [9.17, 15) is 0 Å². The summed E-state index contributed by atoms with van der Waals surface area (Å²) in [6.45, 7) is 1.71. The molecule has 0 aliphatic heterocycles. The molecule has 1 N–H and O–H groups in total. The fourth-order valence-corrected chi connectivity index (χ4v) is 1.82. The number of nitriles is 1. The zero-order chi connectivity index (χ0) is 12.1. The summed E-state index contributed by atoms with van der Waals surface area (Å²) in [5, 5.41) is 11.7. The molecule has 4 nitrogen and oxygen atoms in total. The van der Waals surface area contributed by atoms with Crippen molar-refractivity contribution in [1.29, 1.82) is 5.26 Å². The van der Waals surface area contributed by atoms with Crippen LogP contribution in [0.5, 0.6) is 0 Å². The Balaban J connectivity index is 1.93. The minimum Gasteiger partial charge on any atom is -0.334 e. The quantitative estimate of drug-likeness (QED) is 0.796. The Kier molecular flexibility index (Phi) is 3.73. The second-order valence-corrected chi connectivity index (χ2v) is 4.12. The zero-order valence-corrected chi connectivity index (χ0v) is 9.98. The van der Waals surface area contributed by atoms with E-state index in [1.807, 2.05) is 17.9 Å². The van der Waals surface area contributed by atoms with Crippen LogP contribution >= 0.6 is 0 Å². The second kappa shape index (κ2) is 5.46. The maximum absolute atomic E-state index is 8.41. The van der Waals surface area contributed by atoms with Crippen molar-refractivity contribution >= 4 is 11.0 Å². The molecule has 88 valence electrons.